The molecule has 257 valence electrons. The minimum Gasteiger partial charge on any atom is -0.512 e. The fourth-order valence-corrected chi connectivity index (χ4v) is 6.59. The van der Waals surface area contributed by atoms with Crippen molar-refractivity contribution < 1.29 is 34.6 Å². The molecule has 0 bridgehead atoms. The van der Waals surface area contributed by atoms with Gasteiger partial charge in [-0.2, -0.15) is 0 Å². The average molecular weight is 840 g/mol. The van der Waals surface area contributed by atoms with E-state index in [9.17, 15) is 9.90 Å². The first-order valence-corrected chi connectivity index (χ1v) is 17.7. The van der Waals surface area contributed by atoms with E-state index in [2.05, 4.69) is 93.9 Å². The van der Waals surface area contributed by atoms with Crippen LogP contribution in [0.15, 0.2) is 84.2 Å². The molecule has 0 unspecified atom stereocenters. The number of hydrogen-bond acceptors (Lipinski definition) is 4. The van der Waals surface area contributed by atoms with Crippen molar-refractivity contribution in [3.63, 3.8) is 0 Å². The number of carbonyl (C=O) groups excluding carboxylic acids is 1. The number of rotatable bonds is 9. The molecule has 0 aliphatic heterocycles. The summed E-state index contributed by atoms with van der Waals surface area (Å²) < 4.78 is 3.13. The number of aliphatic hydroxyl groups is 1. The molecule has 0 fully saturated rings. The molecule has 3 heterocycles. The number of aliphatic hydroxyl groups excluding tert-OH is 1. The number of aromatic nitrogens is 2. The minimum atomic E-state index is -0.337. The smallest absolute Gasteiger partial charge is 0.164 e. The first kappa shape index (κ1) is 39.1. The molecule has 0 atom stereocenters. The maximum absolute atomic E-state index is 12.2. The van der Waals surface area contributed by atoms with E-state index in [-0.39, 0.29) is 47.9 Å². The van der Waals surface area contributed by atoms with Crippen LogP contribution < -0.4 is 4.57 Å². The Morgan fingerprint density at radius 3 is 2.21 bits per heavy atom. The maximum Gasteiger partial charge on any atom is 0.164 e. The number of pyridine rings is 2. The summed E-state index contributed by atoms with van der Waals surface area (Å²) in [6.45, 7) is 18.9. The molecule has 0 aliphatic carbocycles. The van der Waals surface area contributed by atoms with Crippen LogP contribution in [0.5, 0.6) is 0 Å². The Hall–Kier alpha value is -3.31. The molecule has 4 nitrogen and oxygen atoms in total. The van der Waals surface area contributed by atoms with E-state index in [1.807, 2.05) is 58.5 Å². The van der Waals surface area contributed by atoms with Crippen molar-refractivity contribution in [2.24, 2.45) is 10.8 Å². The summed E-state index contributed by atoms with van der Waals surface area (Å²) in [4.78, 5) is 16.9. The first-order chi connectivity index (χ1) is 22.2. The van der Waals surface area contributed by atoms with Crippen molar-refractivity contribution in [2.45, 2.75) is 93.4 Å². The molecular formula is C42H51IrN2O2S-. The SMILES string of the molecule is CCC(C)(CC)C(=O)/C=C(\O)C(C)(CC)CC.[CH2-][n+]1ccc(-c2nccc3ccsc23)cc1-c1[c-]c2ccccc2c(C(C)(C)C)c1.[Ir]. The topological polar surface area (TPSA) is 54.1 Å². The average Bonchev–Trinajstić information content (AvgIpc) is 3.56. The van der Waals surface area contributed by atoms with Gasteiger partial charge in [0.05, 0.1) is 16.6 Å². The third kappa shape index (κ3) is 8.27. The standard InChI is InChI=1S/C27H23N2S.C15H28O2.Ir/c1-27(2,3)23-16-21(15-19-7-5-6-8-22(19)23)24-17-20(10-13-29(24)4)25-26-18(9-12-28-25)11-14-30-26;1-7-14(5,8-2)12(16)11-13(17)15(6,9-3)10-4;/h5-14,16-17H,4H2,1-3H3;11,16H,7-10H2,1-6H3;/q-1;;/b;12-11-;. The van der Waals surface area contributed by atoms with Crippen LogP contribution in [0.4, 0.5) is 0 Å². The van der Waals surface area contributed by atoms with Gasteiger partial charge in [0.25, 0.3) is 0 Å². The van der Waals surface area contributed by atoms with E-state index in [0.717, 1.165) is 53.6 Å². The fraction of sp³-hybridized carbons (Fsp3) is 0.381. The predicted molar refractivity (Wildman–Crippen MR) is 200 cm³/mol. The molecule has 48 heavy (non-hydrogen) atoms. The Kier molecular flexibility index (Phi) is 13.0. The van der Waals surface area contributed by atoms with Gasteiger partial charge in [-0.1, -0.05) is 91.5 Å². The van der Waals surface area contributed by atoms with E-state index >= 15 is 0 Å². The number of fused-ring (bicyclic) bond motifs is 2. The van der Waals surface area contributed by atoms with Gasteiger partial charge in [0.2, 0.25) is 0 Å². The van der Waals surface area contributed by atoms with Crippen molar-refractivity contribution in [3.8, 4) is 22.5 Å². The predicted octanol–water partition coefficient (Wildman–Crippen LogP) is 11.5. The van der Waals surface area contributed by atoms with Gasteiger partial charge in [-0.25, -0.2) is 0 Å². The third-order valence-corrected chi connectivity index (χ3v) is 11.1. The molecule has 6 heteroatoms. The Morgan fingerprint density at radius 1 is 0.938 bits per heavy atom. The molecule has 2 aromatic carbocycles. The second-order valence-electron chi connectivity index (χ2n) is 14.1. The van der Waals surface area contributed by atoms with Crippen molar-refractivity contribution in [3.05, 3.63) is 103 Å². The van der Waals surface area contributed by atoms with Crippen molar-refractivity contribution >= 4 is 38.0 Å². The quantitative estimate of drug-likeness (QED) is 0.0696. The zero-order chi connectivity index (χ0) is 34.6. The normalized spacial score (nSPS) is 12.4. The van der Waals surface area contributed by atoms with Gasteiger partial charge in [-0.3, -0.25) is 9.78 Å². The van der Waals surface area contributed by atoms with Crippen LogP contribution >= 0.6 is 11.3 Å². The van der Waals surface area contributed by atoms with Gasteiger partial charge in [0.1, 0.15) is 11.5 Å². The van der Waals surface area contributed by atoms with Crippen LogP contribution in [-0.4, -0.2) is 15.9 Å². The Balaban J connectivity index is 0.000000301. The van der Waals surface area contributed by atoms with E-state index in [0.29, 0.717) is 0 Å². The first-order valence-electron chi connectivity index (χ1n) is 16.8. The second-order valence-corrected chi connectivity index (χ2v) is 15.0. The van der Waals surface area contributed by atoms with Crippen molar-refractivity contribution in [1.29, 1.82) is 0 Å². The van der Waals surface area contributed by atoms with E-state index < -0.39 is 0 Å². The summed E-state index contributed by atoms with van der Waals surface area (Å²) in [6.07, 6.45) is 8.65. The number of ketones is 1. The van der Waals surface area contributed by atoms with Crippen LogP contribution in [0.3, 0.4) is 0 Å². The van der Waals surface area contributed by atoms with Crippen molar-refractivity contribution in [2.75, 3.05) is 0 Å². The van der Waals surface area contributed by atoms with Crippen LogP contribution in [0.25, 0.3) is 43.4 Å². The summed E-state index contributed by atoms with van der Waals surface area (Å²) in [7, 11) is 4.23. The monoisotopic (exact) mass is 840 g/mol. The van der Waals surface area contributed by atoms with Crippen molar-refractivity contribution in [1.82, 2.24) is 4.98 Å². The summed E-state index contributed by atoms with van der Waals surface area (Å²) in [5, 5.41) is 15.9. The largest absolute Gasteiger partial charge is 0.512 e. The molecule has 5 aromatic rings. The second kappa shape index (κ2) is 15.9. The number of thiophene rings is 1. The summed E-state index contributed by atoms with van der Waals surface area (Å²) in [5.74, 6) is 0.286. The number of carbonyl (C=O) groups is 1. The van der Waals surface area contributed by atoms with Gasteiger partial charge < -0.3 is 9.67 Å². The number of hydrogen-bond donors (Lipinski definition) is 1. The van der Waals surface area contributed by atoms with E-state index in [1.54, 1.807) is 11.3 Å². The molecule has 0 saturated carbocycles. The molecule has 1 radical (unpaired) electrons. The molecule has 0 aliphatic rings. The minimum absolute atomic E-state index is 0. The summed E-state index contributed by atoms with van der Waals surface area (Å²) in [5.41, 5.74) is 4.92. The van der Waals surface area contributed by atoms with Gasteiger partial charge in [-0.15, -0.1) is 40.5 Å². The van der Waals surface area contributed by atoms with E-state index in [1.165, 1.54) is 27.1 Å². The van der Waals surface area contributed by atoms with Gasteiger partial charge in [-0.05, 0) is 71.7 Å². The molecule has 5 rings (SSSR count). The van der Waals surface area contributed by atoms with Gasteiger partial charge in [0, 0.05) is 50.3 Å². The van der Waals surface area contributed by atoms with E-state index in [4.69, 9.17) is 4.98 Å². The van der Waals surface area contributed by atoms with Gasteiger partial charge in [0.15, 0.2) is 5.78 Å². The number of nitrogens with zero attached hydrogens (tertiary/aromatic N) is 2. The third-order valence-electron chi connectivity index (χ3n) is 10.1. The Labute approximate surface area is 305 Å². The molecule has 1 N–H and O–H groups in total. The fourth-order valence-electron chi connectivity index (χ4n) is 5.68. The Morgan fingerprint density at radius 2 is 1.58 bits per heavy atom. The van der Waals surface area contributed by atoms with Crippen LogP contribution in [0, 0.1) is 23.9 Å². The molecule has 0 spiro atoms. The molecule has 0 amide bonds. The maximum atomic E-state index is 12.2. The Bertz CT molecular complexity index is 1890. The molecular weight excluding hydrogens is 789 g/mol. The van der Waals surface area contributed by atoms with Crippen LogP contribution in [0.2, 0.25) is 0 Å². The number of allylic oxidation sites excluding steroid dienone is 2. The van der Waals surface area contributed by atoms with Crippen LogP contribution in [0.1, 0.15) is 93.6 Å². The summed E-state index contributed by atoms with van der Waals surface area (Å²) >= 11 is 1.73. The molecule has 0 saturated heterocycles. The summed E-state index contributed by atoms with van der Waals surface area (Å²) in [6, 6.07) is 22.9. The zero-order valence-electron chi connectivity index (χ0n) is 30.0. The van der Waals surface area contributed by atoms with Crippen LogP contribution in [-0.2, 0) is 30.3 Å². The molecule has 3 aromatic heterocycles. The zero-order valence-corrected chi connectivity index (χ0v) is 33.2. The number of benzene rings is 2. The van der Waals surface area contributed by atoms with Gasteiger partial charge >= 0.3 is 0 Å².